The smallest absolute Gasteiger partial charge is 0.240 e. The number of ether oxygens (including phenoxy) is 1. The van der Waals surface area contributed by atoms with Gasteiger partial charge in [0.25, 0.3) is 0 Å². The summed E-state index contributed by atoms with van der Waals surface area (Å²) < 4.78 is 10.8. The minimum atomic E-state index is 0.260. The van der Waals surface area contributed by atoms with E-state index in [-0.39, 0.29) is 6.54 Å². The summed E-state index contributed by atoms with van der Waals surface area (Å²) in [5, 5.41) is 3.87. The van der Waals surface area contributed by atoms with Crippen LogP contribution >= 0.6 is 0 Å². The van der Waals surface area contributed by atoms with Crippen molar-refractivity contribution >= 4 is 0 Å². The fourth-order valence-corrected chi connectivity index (χ4v) is 1.82. The Bertz CT molecular complexity index is 517. The van der Waals surface area contributed by atoms with Gasteiger partial charge in [0.05, 0.1) is 12.6 Å². The van der Waals surface area contributed by atoms with Gasteiger partial charge in [0, 0.05) is 5.56 Å². The van der Waals surface area contributed by atoms with Crippen LogP contribution in [0.4, 0.5) is 0 Å². The summed E-state index contributed by atoms with van der Waals surface area (Å²) in [5.74, 6) is 1.90. The summed E-state index contributed by atoms with van der Waals surface area (Å²) in [5.41, 5.74) is 6.33. The lowest BCUT2D eigenvalue weighted by Gasteiger charge is -2.26. The lowest BCUT2D eigenvalue weighted by molar-refractivity contribution is 0.120. The molecule has 1 fully saturated rings. The molecule has 2 N–H and O–H groups in total. The van der Waals surface area contributed by atoms with Crippen molar-refractivity contribution in [1.82, 2.24) is 10.1 Å². The summed E-state index contributed by atoms with van der Waals surface area (Å²) in [6.07, 6.45) is 3.98. The van der Waals surface area contributed by atoms with Crippen LogP contribution in [0.3, 0.4) is 0 Å². The molecular weight excluding hydrogens is 230 g/mol. The third-order valence-corrected chi connectivity index (χ3v) is 3.11. The maximum Gasteiger partial charge on any atom is 0.240 e. The molecule has 0 spiro atoms. The molecular formula is C13H15N3O2. The van der Waals surface area contributed by atoms with E-state index in [1.54, 1.807) is 0 Å². The number of nitrogens with zero attached hydrogens (tertiary/aromatic N) is 2. The zero-order valence-electron chi connectivity index (χ0n) is 10.0. The van der Waals surface area contributed by atoms with Crippen LogP contribution in [0.1, 0.15) is 25.2 Å². The normalized spacial score (nSPS) is 15.4. The number of aromatic nitrogens is 2. The first-order chi connectivity index (χ1) is 8.85. The number of rotatable bonds is 4. The summed E-state index contributed by atoms with van der Waals surface area (Å²) in [7, 11) is 0. The van der Waals surface area contributed by atoms with Gasteiger partial charge in [0.2, 0.25) is 11.7 Å². The van der Waals surface area contributed by atoms with E-state index in [0.29, 0.717) is 17.8 Å². The highest BCUT2D eigenvalue weighted by atomic mass is 16.5. The largest absolute Gasteiger partial charge is 0.490 e. The van der Waals surface area contributed by atoms with Crippen LogP contribution in [-0.4, -0.2) is 16.2 Å². The molecule has 1 aromatic carbocycles. The van der Waals surface area contributed by atoms with E-state index < -0.39 is 0 Å². The van der Waals surface area contributed by atoms with Gasteiger partial charge < -0.3 is 15.0 Å². The number of nitrogens with two attached hydrogens (primary N) is 1. The molecule has 18 heavy (non-hydrogen) atoms. The second-order valence-corrected chi connectivity index (χ2v) is 4.41. The molecule has 0 amide bonds. The van der Waals surface area contributed by atoms with E-state index in [1.165, 1.54) is 6.42 Å². The van der Waals surface area contributed by atoms with Gasteiger partial charge in [0.15, 0.2) is 0 Å². The van der Waals surface area contributed by atoms with Gasteiger partial charge in [-0.05, 0) is 43.5 Å². The average Bonchev–Trinajstić information content (AvgIpc) is 2.83. The highest BCUT2D eigenvalue weighted by Crippen LogP contribution is 2.26. The molecule has 0 aliphatic heterocycles. The molecule has 0 atom stereocenters. The predicted molar refractivity (Wildman–Crippen MR) is 65.9 cm³/mol. The minimum Gasteiger partial charge on any atom is -0.490 e. The first-order valence-corrected chi connectivity index (χ1v) is 6.15. The summed E-state index contributed by atoms with van der Waals surface area (Å²) in [4.78, 5) is 4.17. The van der Waals surface area contributed by atoms with Crippen molar-refractivity contribution in [2.24, 2.45) is 5.73 Å². The molecule has 2 aromatic rings. The Morgan fingerprint density at radius 2 is 2.06 bits per heavy atom. The Balaban J connectivity index is 1.73. The summed E-state index contributed by atoms with van der Waals surface area (Å²) in [6, 6.07) is 7.73. The summed E-state index contributed by atoms with van der Waals surface area (Å²) in [6.45, 7) is 0.260. The van der Waals surface area contributed by atoms with Crippen molar-refractivity contribution < 1.29 is 9.26 Å². The number of hydrogen-bond donors (Lipinski definition) is 1. The van der Waals surface area contributed by atoms with Crippen molar-refractivity contribution in [2.75, 3.05) is 0 Å². The molecule has 94 valence electrons. The van der Waals surface area contributed by atoms with Crippen LogP contribution < -0.4 is 10.5 Å². The molecule has 0 unspecified atom stereocenters. The molecule has 0 radical (unpaired) electrons. The van der Waals surface area contributed by atoms with Crippen LogP contribution in [0, 0.1) is 0 Å². The fourth-order valence-electron chi connectivity index (χ4n) is 1.82. The van der Waals surface area contributed by atoms with E-state index in [4.69, 9.17) is 15.0 Å². The number of benzene rings is 1. The van der Waals surface area contributed by atoms with Gasteiger partial charge in [-0.2, -0.15) is 4.98 Å². The van der Waals surface area contributed by atoms with Crippen LogP contribution in [0.15, 0.2) is 28.8 Å². The standard InChI is InChI=1S/C13H15N3O2/c14-8-12-15-13(16-18-12)9-4-6-11(7-5-9)17-10-2-1-3-10/h4-7,10H,1-3,8,14H2. The summed E-state index contributed by atoms with van der Waals surface area (Å²) >= 11 is 0. The topological polar surface area (TPSA) is 74.2 Å². The Labute approximate surface area is 105 Å². The maximum absolute atomic E-state index is 5.78. The maximum atomic E-state index is 5.78. The first kappa shape index (κ1) is 11.2. The highest BCUT2D eigenvalue weighted by Gasteiger charge is 2.19. The van der Waals surface area contributed by atoms with Crippen molar-refractivity contribution in [3.05, 3.63) is 30.2 Å². The fraction of sp³-hybridized carbons (Fsp3) is 0.385. The van der Waals surface area contributed by atoms with E-state index >= 15 is 0 Å². The zero-order valence-corrected chi connectivity index (χ0v) is 10.0. The molecule has 3 rings (SSSR count). The molecule has 0 saturated heterocycles. The van der Waals surface area contributed by atoms with Crippen molar-refractivity contribution in [3.8, 4) is 17.1 Å². The van der Waals surface area contributed by atoms with E-state index in [2.05, 4.69) is 10.1 Å². The highest BCUT2D eigenvalue weighted by molar-refractivity contribution is 5.55. The van der Waals surface area contributed by atoms with Gasteiger partial charge >= 0.3 is 0 Å². The van der Waals surface area contributed by atoms with Crippen molar-refractivity contribution in [1.29, 1.82) is 0 Å². The van der Waals surface area contributed by atoms with Gasteiger partial charge in [-0.1, -0.05) is 5.16 Å². The first-order valence-electron chi connectivity index (χ1n) is 6.15. The Kier molecular flexibility index (Phi) is 2.98. The molecule has 1 aromatic heterocycles. The second-order valence-electron chi connectivity index (χ2n) is 4.41. The Morgan fingerprint density at radius 1 is 1.28 bits per heavy atom. The predicted octanol–water partition coefficient (Wildman–Crippen LogP) is 2.13. The molecule has 1 aliphatic rings. The van der Waals surface area contributed by atoms with Crippen LogP contribution in [0.25, 0.3) is 11.4 Å². The second kappa shape index (κ2) is 4.78. The van der Waals surface area contributed by atoms with Crippen LogP contribution in [0.2, 0.25) is 0 Å². The number of hydrogen-bond acceptors (Lipinski definition) is 5. The molecule has 5 heteroatoms. The van der Waals surface area contributed by atoms with E-state index in [0.717, 1.165) is 24.2 Å². The molecule has 5 nitrogen and oxygen atoms in total. The van der Waals surface area contributed by atoms with Gasteiger partial charge in [0.1, 0.15) is 5.75 Å². The van der Waals surface area contributed by atoms with Gasteiger partial charge in [-0.15, -0.1) is 0 Å². The van der Waals surface area contributed by atoms with Crippen molar-refractivity contribution in [2.45, 2.75) is 31.9 Å². The van der Waals surface area contributed by atoms with E-state index in [9.17, 15) is 0 Å². The average molecular weight is 245 g/mol. The Hall–Kier alpha value is -1.88. The van der Waals surface area contributed by atoms with E-state index in [1.807, 2.05) is 24.3 Å². The quantitative estimate of drug-likeness (QED) is 0.893. The lowest BCUT2D eigenvalue weighted by Crippen LogP contribution is -2.24. The van der Waals surface area contributed by atoms with Crippen LogP contribution in [-0.2, 0) is 6.54 Å². The van der Waals surface area contributed by atoms with Crippen LogP contribution in [0.5, 0.6) is 5.75 Å². The lowest BCUT2D eigenvalue weighted by atomic mass is 9.96. The van der Waals surface area contributed by atoms with Gasteiger partial charge in [-0.3, -0.25) is 0 Å². The minimum absolute atomic E-state index is 0.260. The molecule has 1 aliphatic carbocycles. The third-order valence-electron chi connectivity index (χ3n) is 3.11. The SMILES string of the molecule is NCc1nc(-c2ccc(OC3CCC3)cc2)no1. The zero-order chi connectivity index (χ0) is 12.4. The monoisotopic (exact) mass is 245 g/mol. The molecule has 0 bridgehead atoms. The van der Waals surface area contributed by atoms with Crippen molar-refractivity contribution in [3.63, 3.8) is 0 Å². The third kappa shape index (κ3) is 2.22. The Morgan fingerprint density at radius 3 is 2.61 bits per heavy atom. The van der Waals surface area contributed by atoms with Gasteiger partial charge in [-0.25, -0.2) is 0 Å². The molecule has 1 heterocycles. The molecule has 1 saturated carbocycles.